The van der Waals surface area contributed by atoms with Crippen LogP contribution in [0, 0.1) is 5.82 Å². The van der Waals surface area contributed by atoms with Crippen LogP contribution in [-0.2, 0) is 16.0 Å². The largest absolute Gasteiger partial charge is 0.508 e. The standard InChI is InChI=1S/C9H7FO4/c10-6-1-5(2-7(11)4-6)3-8(12)9(13)14/h1-2,4,11H,3H2,(H,13,14). The molecule has 0 aromatic heterocycles. The predicted octanol–water partition coefficient (Wildman–Crippen LogP) is 0.728. The Morgan fingerprint density at radius 1 is 1.29 bits per heavy atom. The maximum atomic E-state index is 12.7. The van der Waals surface area contributed by atoms with Crippen LogP contribution in [0.5, 0.6) is 5.75 Å². The first-order chi connectivity index (χ1) is 6.49. The van der Waals surface area contributed by atoms with Gasteiger partial charge in [-0.3, -0.25) is 4.79 Å². The van der Waals surface area contributed by atoms with Crippen molar-refractivity contribution in [1.29, 1.82) is 0 Å². The summed E-state index contributed by atoms with van der Waals surface area (Å²) in [5.41, 5.74) is 0.134. The number of hydrogen-bond acceptors (Lipinski definition) is 3. The summed E-state index contributed by atoms with van der Waals surface area (Å²) in [5.74, 6) is -3.67. The Morgan fingerprint density at radius 2 is 1.93 bits per heavy atom. The number of phenolic OH excluding ortho intramolecular Hbond substituents is 1. The number of halogens is 1. The molecule has 0 spiro atoms. The Kier molecular flexibility index (Phi) is 2.81. The van der Waals surface area contributed by atoms with Gasteiger partial charge in [-0.05, 0) is 17.7 Å². The quantitative estimate of drug-likeness (QED) is 0.702. The number of aliphatic carboxylic acids is 1. The van der Waals surface area contributed by atoms with Gasteiger partial charge in [0.25, 0.3) is 0 Å². The number of carboxylic acids is 1. The van der Waals surface area contributed by atoms with Gasteiger partial charge in [-0.2, -0.15) is 0 Å². The zero-order valence-electron chi connectivity index (χ0n) is 7.03. The minimum Gasteiger partial charge on any atom is -0.508 e. The van der Waals surface area contributed by atoms with Crippen molar-refractivity contribution in [2.45, 2.75) is 6.42 Å². The molecule has 0 aliphatic rings. The summed E-state index contributed by atoms with van der Waals surface area (Å²) in [7, 11) is 0. The molecule has 0 amide bonds. The van der Waals surface area contributed by atoms with Gasteiger partial charge in [0.15, 0.2) is 0 Å². The minimum atomic E-state index is -1.58. The van der Waals surface area contributed by atoms with Crippen molar-refractivity contribution in [2.75, 3.05) is 0 Å². The van der Waals surface area contributed by atoms with Gasteiger partial charge < -0.3 is 10.2 Å². The third-order valence-corrected chi connectivity index (χ3v) is 1.55. The molecule has 2 N–H and O–H groups in total. The van der Waals surface area contributed by atoms with Crippen molar-refractivity contribution >= 4 is 11.8 Å². The number of ketones is 1. The molecule has 4 nitrogen and oxygen atoms in total. The maximum absolute atomic E-state index is 12.7. The van der Waals surface area contributed by atoms with Gasteiger partial charge in [-0.1, -0.05) is 0 Å². The van der Waals surface area contributed by atoms with Gasteiger partial charge in [-0.25, -0.2) is 9.18 Å². The Morgan fingerprint density at radius 3 is 2.43 bits per heavy atom. The van der Waals surface area contributed by atoms with Crippen LogP contribution in [-0.4, -0.2) is 22.0 Å². The molecular weight excluding hydrogens is 191 g/mol. The second kappa shape index (κ2) is 3.87. The van der Waals surface area contributed by atoms with Crippen LogP contribution in [0.25, 0.3) is 0 Å². The average molecular weight is 198 g/mol. The highest BCUT2D eigenvalue weighted by atomic mass is 19.1. The maximum Gasteiger partial charge on any atom is 0.372 e. The molecule has 0 radical (unpaired) electrons. The second-order valence-electron chi connectivity index (χ2n) is 2.72. The van der Waals surface area contributed by atoms with Gasteiger partial charge in [0.1, 0.15) is 11.6 Å². The predicted molar refractivity (Wildman–Crippen MR) is 44.4 cm³/mol. The Bertz CT molecular complexity index is 366. The molecule has 14 heavy (non-hydrogen) atoms. The lowest BCUT2D eigenvalue weighted by atomic mass is 10.1. The van der Waals surface area contributed by atoms with Crippen LogP contribution in [0.1, 0.15) is 5.56 Å². The van der Waals surface area contributed by atoms with Crippen LogP contribution in [0.4, 0.5) is 4.39 Å². The summed E-state index contributed by atoms with van der Waals surface area (Å²) in [5, 5.41) is 17.2. The van der Waals surface area contributed by atoms with Gasteiger partial charge in [0.2, 0.25) is 5.78 Å². The first-order valence-electron chi connectivity index (χ1n) is 3.73. The molecule has 1 rings (SSSR count). The summed E-state index contributed by atoms with van der Waals surface area (Å²) in [6, 6.07) is 3.01. The summed E-state index contributed by atoms with van der Waals surface area (Å²) in [6.07, 6.45) is -0.430. The molecule has 5 heteroatoms. The van der Waals surface area contributed by atoms with Gasteiger partial charge >= 0.3 is 5.97 Å². The molecule has 0 saturated carbocycles. The molecule has 1 aromatic carbocycles. The number of carbonyl (C=O) groups excluding carboxylic acids is 1. The fourth-order valence-corrected chi connectivity index (χ4v) is 0.996. The number of carbonyl (C=O) groups is 2. The minimum absolute atomic E-state index is 0.134. The van der Waals surface area contributed by atoms with Gasteiger partial charge in [0, 0.05) is 12.5 Å². The van der Waals surface area contributed by atoms with E-state index in [9.17, 15) is 14.0 Å². The third-order valence-electron chi connectivity index (χ3n) is 1.55. The molecule has 0 atom stereocenters. The number of phenols is 1. The monoisotopic (exact) mass is 198 g/mol. The number of rotatable bonds is 3. The molecule has 0 saturated heterocycles. The zero-order valence-corrected chi connectivity index (χ0v) is 7.03. The van der Waals surface area contributed by atoms with Crippen LogP contribution < -0.4 is 0 Å². The smallest absolute Gasteiger partial charge is 0.372 e. The SMILES string of the molecule is O=C(O)C(=O)Cc1cc(O)cc(F)c1. The van der Waals surface area contributed by atoms with Crippen LogP contribution in [0.3, 0.4) is 0 Å². The number of benzene rings is 1. The molecule has 0 aliphatic carbocycles. The van der Waals surface area contributed by atoms with E-state index in [2.05, 4.69) is 0 Å². The fraction of sp³-hybridized carbons (Fsp3) is 0.111. The van der Waals surface area contributed by atoms with E-state index in [1.165, 1.54) is 0 Å². The number of carboxylic acid groups (broad SMARTS) is 1. The van der Waals surface area contributed by atoms with Crippen molar-refractivity contribution in [3.05, 3.63) is 29.6 Å². The van der Waals surface area contributed by atoms with E-state index in [0.717, 1.165) is 18.2 Å². The molecule has 0 aliphatic heterocycles. The van der Waals surface area contributed by atoms with Crippen molar-refractivity contribution in [2.24, 2.45) is 0 Å². The van der Waals surface area contributed by atoms with E-state index in [1.807, 2.05) is 0 Å². The highest BCUT2D eigenvalue weighted by Crippen LogP contribution is 2.15. The van der Waals surface area contributed by atoms with Crippen molar-refractivity contribution < 1.29 is 24.2 Å². The van der Waals surface area contributed by atoms with E-state index in [4.69, 9.17) is 10.2 Å². The van der Waals surface area contributed by atoms with Gasteiger partial charge in [-0.15, -0.1) is 0 Å². The lowest BCUT2D eigenvalue weighted by Crippen LogP contribution is -2.15. The van der Waals surface area contributed by atoms with E-state index >= 15 is 0 Å². The molecule has 0 bridgehead atoms. The normalized spacial score (nSPS) is 9.79. The lowest BCUT2D eigenvalue weighted by molar-refractivity contribution is -0.148. The molecule has 0 fully saturated rings. The topological polar surface area (TPSA) is 74.6 Å². The second-order valence-corrected chi connectivity index (χ2v) is 2.72. The Hall–Kier alpha value is -1.91. The van der Waals surface area contributed by atoms with Crippen LogP contribution >= 0.6 is 0 Å². The zero-order chi connectivity index (χ0) is 10.7. The lowest BCUT2D eigenvalue weighted by Gasteiger charge is -1.99. The number of hydrogen-bond donors (Lipinski definition) is 2. The summed E-state index contributed by atoms with van der Waals surface area (Å²) >= 11 is 0. The highest BCUT2D eigenvalue weighted by molar-refractivity contribution is 6.33. The number of Topliss-reactive ketones (excluding diaryl/α,β-unsaturated/α-hetero) is 1. The van der Waals surface area contributed by atoms with Crippen LogP contribution in [0.2, 0.25) is 0 Å². The van der Waals surface area contributed by atoms with E-state index in [1.54, 1.807) is 0 Å². The van der Waals surface area contributed by atoms with Crippen molar-refractivity contribution in [3.63, 3.8) is 0 Å². The van der Waals surface area contributed by atoms with Crippen molar-refractivity contribution in [3.8, 4) is 5.75 Å². The van der Waals surface area contributed by atoms with E-state index in [-0.39, 0.29) is 11.3 Å². The summed E-state index contributed by atoms with van der Waals surface area (Å²) < 4.78 is 12.7. The molecule has 74 valence electrons. The Labute approximate surface area is 78.6 Å². The molecule has 0 heterocycles. The third kappa shape index (κ3) is 2.55. The summed E-state index contributed by atoms with van der Waals surface area (Å²) in [4.78, 5) is 20.9. The molecule has 1 aromatic rings. The first kappa shape index (κ1) is 10.2. The van der Waals surface area contributed by atoms with E-state index in [0.29, 0.717) is 0 Å². The van der Waals surface area contributed by atoms with Crippen molar-refractivity contribution in [1.82, 2.24) is 0 Å². The van der Waals surface area contributed by atoms with Gasteiger partial charge in [0.05, 0.1) is 0 Å². The van der Waals surface area contributed by atoms with Crippen LogP contribution in [0.15, 0.2) is 18.2 Å². The Balaban J connectivity index is 2.87. The number of aromatic hydroxyl groups is 1. The van der Waals surface area contributed by atoms with E-state index < -0.39 is 24.0 Å². The average Bonchev–Trinajstić information content (AvgIpc) is 2.01. The molecular formula is C9H7FO4. The first-order valence-corrected chi connectivity index (χ1v) is 3.73. The summed E-state index contributed by atoms with van der Waals surface area (Å²) in [6.45, 7) is 0. The highest BCUT2D eigenvalue weighted by Gasteiger charge is 2.12. The fourth-order valence-electron chi connectivity index (χ4n) is 0.996. The molecule has 0 unspecified atom stereocenters.